The Morgan fingerprint density at radius 1 is 1.29 bits per heavy atom. The first-order valence-electron chi connectivity index (χ1n) is 7.21. The minimum Gasteiger partial charge on any atom is -0.450 e. The van der Waals surface area contributed by atoms with Gasteiger partial charge in [-0.25, -0.2) is 14.8 Å². The molecule has 0 atom stereocenters. The maximum atomic E-state index is 11.7. The minimum absolute atomic E-state index is 0.236. The van der Waals surface area contributed by atoms with Crippen molar-refractivity contribution >= 4 is 11.9 Å². The van der Waals surface area contributed by atoms with Crippen LogP contribution in [0.4, 0.5) is 10.6 Å². The Morgan fingerprint density at radius 3 is 2.71 bits per heavy atom. The summed E-state index contributed by atoms with van der Waals surface area (Å²) in [7, 11) is 1.68. The summed E-state index contributed by atoms with van der Waals surface area (Å²) < 4.78 is 10.1. The number of carbonyl (C=O) groups is 1. The van der Waals surface area contributed by atoms with E-state index in [0.717, 1.165) is 31.0 Å². The third-order valence-electron chi connectivity index (χ3n) is 3.40. The highest BCUT2D eigenvalue weighted by molar-refractivity contribution is 5.68. The van der Waals surface area contributed by atoms with E-state index in [4.69, 9.17) is 9.47 Å². The summed E-state index contributed by atoms with van der Waals surface area (Å²) >= 11 is 0. The Kier molecular flexibility index (Phi) is 5.74. The topological polar surface area (TPSA) is 67.8 Å². The van der Waals surface area contributed by atoms with E-state index in [9.17, 15) is 4.79 Å². The molecule has 7 nitrogen and oxygen atoms in total. The van der Waals surface area contributed by atoms with Crippen LogP contribution in [0.5, 0.6) is 0 Å². The lowest BCUT2D eigenvalue weighted by Crippen LogP contribution is -2.49. The zero-order valence-electron chi connectivity index (χ0n) is 12.6. The van der Waals surface area contributed by atoms with Gasteiger partial charge in [-0.2, -0.15) is 0 Å². The van der Waals surface area contributed by atoms with E-state index in [1.807, 2.05) is 13.0 Å². The fourth-order valence-corrected chi connectivity index (χ4v) is 2.23. The van der Waals surface area contributed by atoms with Crippen molar-refractivity contribution in [2.45, 2.75) is 13.3 Å². The second kappa shape index (κ2) is 7.78. The predicted octanol–water partition coefficient (Wildman–Crippen LogP) is 0.944. The van der Waals surface area contributed by atoms with Gasteiger partial charge in [-0.1, -0.05) is 0 Å². The van der Waals surface area contributed by atoms with Crippen molar-refractivity contribution < 1.29 is 14.3 Å². The molecule has 0 saturated carbocycles. The van der Waals surface area contributed by atoms with Crippen LogP contribution in [0.1, 0.15) is 12.6 Å². The summed E-state index contributed by atoms with van der Waals surface area (Å²) in [5.74, 6) is 0.902. The van der Waals surface area contributed by atoms with E-state index < -0.39 is 0 Å². The van der Waals surface area contributed by atoms with Crippen LogP contribution in [-0.2, 0) is 15.9 Å². The molecule has 1 fully saturated rings. The minimum atomic E-state index is -0.236. The Hall–Kier alpha value is -1.89. The maximum Gasteiger partial charge on any atom is 0.409 e. The van der Waals surface area contributed by atoms with E-state index >= 15 is 0 Å². The van der Waals surface area contributed by atoms with Gasteiger partial charge in [-0.15, -0.1) is 0 Å². The Labute approximate surface area is 124 Å². The second-order valence-electron chi connectivity index (χ2n) is 4.78. The first-order chi connectivity index (χ1) is 10.2. The molecule has 0 radical (unpaired) electrons. The number of methoxy groups -OCH3 is 1. The van der Waals surface area contributed by atoms with Gasteiger partial charge in [0, 0.05) is 51.5 Å². The van der Waals surface area contributed by atoms with Crippen LogP contribution in [0.15, 0.2) is 12.4 Å². The highest BCUT2D eigenvalue weighted by Gasteiger charge is 2.22. The van der Waals surface area contributed by atoms with Gasteiger partial charge in [0.25, 0.3) is 0 Å². The highest BCUT2D eigenvalue weighted by atomic mass is 16.6. The molecule has 7 heteroatoms. The highest BCUT2D eigenvalue weighted by Crippen LogP contribution is 2.14. The normalized spacial score (nSPS) is 15.1. The van der Waals surface area contributed by atoms with Crippen molar-refractivity contribution in [3.63, 3.8) is 0 Å². The van der Waals surface area contributed by atoms with E-state index in [1.165, 1.54) is 0 Å². The fraction of sp³-hybridized carbons (Fsp3) is 0.643. The lowest BCUT2D eigenvalue weighted by molar-refractivity contribution is 0.105. The van der Waals surface area contributed by atoms with Crippen LogP contribution in [0.2, 0.25) is 0 Å². The Balaban J connectivity index is 1.91. The second-order valence-corrected chi connectivity index (χ2v) is 4.78. The van der Waals surface area contributed by atoms with Gasteiger partial charge in [0.05, 0.1) is 13.2 Å². The van der Waals surface area contributed by atoms with Crippen molar-refractivity contribution in [3.05, 3.63) is 18.1 Å². The number of carbonyl (C=O) groups excluding carboxylic acids is 1. The molecule has 0 aromatic carbocycles. The molecular formula is C14H22N4O3. The number of nitrogens with zero attached hydrogens (tertiary/aromatic N) is 4. The van der Waals surface area contributed by atoms with Crippen LogP contribution in [-0.4, -0.2) is 67.5 Å². The zero-order valence-corrected chi connectivity index (χ0v) is 12.6. The number of piperazine rings is 1. The average molecular weight is 294 g/mol. The van der Waals surface area contributed by atoms with Gasteiger partial charge < -0.3 is 19.3 Å². The fourth-order valence-electron chi connectivity index (χ4n) is 2.23. The van der Waals surface area contributed by atoms with Gasteiger partial charge in [0.15, 0.2) is 0 Å². The molecule has 2 heterocycles. The number of rotatable bonds is 5. The van der Waals surface area contributed by atoms with Gasteiger partial charge in [0.1, 0.15) is 12.1 Å². The summed E-state index contributed by atoms with van der Waals surface area (Å²) in [5, 5.41) is 0. The van der Waals surface area contributed by atoms with Crippen LogP contribution in [0.3, 0.4) is 0 Å². The number of ether oxygens (including phenoxy) is 2. The van der Waals surface area contributed by atoms with E-state index in [-0.39, 0.29) is 6.09 Å². The molecule has 116 valence electrons. The quantitative estimate of drug-likeness (QED) is 0.805. The third kappa shape index (κ3) is 4.29. The van der Waals surface area contributed by atoms with Crippen molar-refractivity contribution in [2.75, 3.05) is 51.4 Å². The molecule has 1 aliphatic heterocycles. The molecular weight excluding hydrogens is 272 g/mol. The van der Waals surface area contributed by atoms with E-state index in [1.54, 1.807) is 18.3 Å². The monoisotopic (exact) mass is 294 g/mol. The van der Waals surface area contributed by atoms with Crippen molar-refractivity contribution in [1.82, 2.24) is 14.9 Å². The molecule has 0 bridgehead atoms. The maximum absolute atomic E-state index is 11.7. The van der Waals surface area contributed by atoms with Crippen molar-refractivity contribution in [1.29, 1.82) is 0 Å². The first-order valence-corrected chi connectivity index (χ1v) is 7.21. The molecule has 0 N–H and O–H groups in total. The molecule has 0 unspecified atom stereocenters. The van der Waals surface area contributed by atoms with Gasteiger partial charge in [0.2, 0.25) is 0 Å². The Morgan fingerprint density at radius 2 is 2.05 bits per heavy atom. The SMILES string of the molecule is CCOC(=O)N1CCN(c2cc(CCOC)ncn2)CC1. The number of hydrogen-bond acceptors (Lipinski definition) is 6. The third-order valence-corrected chi connectivity index (χ3v) is 3.40. The number of anilines is 1. The zero-order chi connectivity index (χ0) is 15.1. The molecule has 1 aliphatic rings. The first kappa shape index (κ1) is 15.5. The number of aromatic nitrogens is 2. The molecule has 1 aromatic heterocycles. The summed E-state index contributed by atoms with van der Waals surface area (Å²) in [6.45, 7) is 5.67. The molecule has 1 saturated heterocycles. The summed E-state index contributed by atoms with van der Waals surface area (Å²) in [5.41, 5.74) is 0.967. The van der Waals surface area contributed by atoms with Crippen molar-refractivity contribution in [3.8, 4) is 0 Å². The van der Waals surface area contributed by atoms with Crippen molar-refractivity contribution in [2.24, 2.45) is 0 Å². The van der Waals surface area contributed by atoms with Gasteiger partial charge >= 0.3 is 6.09 Å². The number of amides is 1. The smallest absolute Gasteiger partial charge is 0.409 e. The molecule has 21 heavy (non-hydrogen) atoms. The molecule has 2 rings (SSSR count). The van der Waals surface area contributed by atoms with E-state index in [0.29, 0.717) is 26.3 Å². The van der Waals surface area contributed by atoms with Crippen LogP contribution in [0.25, 0.3) is 0 Å². The van der Waals surface area contributed by atoms with Crippen LogP contribution >= 0.6 is 0 Å². The van der Waals surface area contributed by atoms with Gasteiger partial charge in [-0.05, 0) is 6.92 Å². The molecule has 1 amide bonds. The predicted molar refractivity (Wildman–Crippen MR) is 78.4 cm³/mol. The lowest BCUT2D eigenvalue weighted by Gasteiger charge is -2.34. The molecule has 0 aliphatic carbocycles. The lowest BCUT2D eigenvalue weighted by atomic mass is 10.2. The molecule has 0 spiro atoms. The van der Waals surface area contributed by atoms with Crippen LogP contribution < -0.4 is 4.90 Å². The molecule has 1 aromatic rings. The van der Waals surface area contributed by atoms with Gasteiger partial charge in [-0.3, -0.25) is 0 Å². The summed E-state index contributed by atoms with van der Waals surface area (Å²) in [6.07, 6.45) is 2.12. The largest absolute Gasteiger partial charge is 0.450 e. The Bertz CT molecular complexity index is 461. The standard InChI is InChI=1S/C14H22N4O3/c1-3-21-14(19)18-7-5-17(6-8-18)13-10-12(4-9-20-2)15-11-16-13/h10-11H,3-9H2,1-2H3. The number of hydrogen-bond donors (Lipinski definition) is 0. The summed E-state index contributed by atoms with van der Waals surface area (Å²) in [6, 6.07) is 1.99. The summed E-state index contributed by atoms with van der Waals surface area (Å²) in [4.78, 5) is 24.1. The average Bonchev–Trinajstić information content (AvgIpc) is 2.53. The van der Waals surface area contributed by atoms with E-state index in [2.05, 4.69) is 14.9 Å². The van der Waals surface area contributed by atoms with Crippen LogP contribution in [0, 0.1) is 0 Å².